The van der Waals surface area contributed by atoms with E-state index in [-0.39, 0.29) is 16.2 Å². The van der Waals surface area contributed by atoms with Crippen LogP contribution in [0.5, 0.6) is 0 Å². The van der Waals surface area contributed by atoms with E-state index in [1.807, 2.05) is 0 Å². The Kier molecular flexibility index (Phi) is 4.37. The first-order chi connectivity index (χ1) is 7.75. The van der Waals surface area contributed by atoms with Gasteiger partial charge in [-0.25, -0.2) is 9.38 Å². The van der Waals surface area contributed by atoms with Crippen molar-refractivity contribution in [3.05, 3.63) is 28.0 Å². The summed E-state index contributed by atoms with van der Waals surface area (Å²) in [5, 5.41) is 0. The first-order valence-corrected chi connectivity index (χ1v) is 5.53. The fourth-order valence-electron chi connectivity index (χ4n) is 1.07. The number of amidine groups is 1. The number of aliphatic imine (C=N–C) groups is 1. The number of hydrogen-bond donors (Lipinski definition) is 1. The quantitative estimate of drug-likeness (QED) is 0.380. The van der Waals surface area contributed by atoms with Crippen LogP contribution in [0.4, 0.5) is 23.2 Å². The van der Waals surface area contributed by atoms with Crippen LogP contribution in [0.25, 0.3) is 0 Å². The van der Waals surface area contributed by atoms with Crippen LogP contribution in [0.2, 0.25) is 0 Å². The van der Waals surface area contributed by atoms with Crippen LogP contribution in [0.1, 0.15) is 5.56 Å². The van der Waals surface area contributed by atoms with Gasteiger partial charge in [0, 0.05) is 4.47 Å². The molecule has 0 saturated heterocycles. The van der Waals surface area contributed by atoms with Crippen LogP contribution in [0, 0.1) is 5.82 Å². The number of rotatable bonds is 2. The highest BCUT2D eigenvalue weighted by Crippen LogP contribution is 2.41. The Balaban J connectivity index is 3.47. The molecule has 0 spiro atoms. The average Bonchev–Trinajstić information content (AvgIpc) is 2.19. The summed E-state index contributed by atoms with van der Waals surface area (Å²) in [4.78, 5) is 3.51. The van der Waals surface area contributed by atoms with E-state index in [9.17, 15) is 17.6 Å². The van der Waals surface area contributed by atoms with E-state index >= 15 is 0 Å². The molecular formula is C9H6BrClF4N2. The second kappa shape index (κ2) is 5.22. The molecule has 0 aliphatic rings. The van der Waals surface area contributed by atoms with Crippen molar-refractivity contribution in [2.45, 2.75) is 6.18 Å². The zero-order valence-electron chi connectivity index (χ0n) is 8.15. The van der Waals surface area contributed by atoms with Gasteiger partial charge in [0.15, 0.2) is 0 Å². The van der Waals surface area contributed by atoms with Gasteiger partial charge in [-0.2, -0.15) is 13.2 Å². The third kappa shape index (κ3) is 3.57. The van der Waals surface area contributed by atoms with Crippen LogP contribution in [-0.2, 0) is 6.18 Å². The lowest BCUT2D eigenvalue weighted by atomic mass is 10.1. The Hall–Kier alpha value is -0.820. The van der Waals surface area contributed by atoms with Gasteiger partial charge < -0.3 is 5.73 Å². The van der Waals surface area contributed by atoms with Gasteiger partial charge in [-0.3, -0.25) is 0 Å². The van der Waals surface area contributed by atoms with Crippen molar-refractivity contribution in [2.75, 3.05) is 5.88 Å². The SMILES string of the molecule is NC(CCl)=Nc1c(Br)cc(F)cc1C(F)(F)F. The topological polar surface area (TPSA) is 38.4 Å². The maximum Gasteiger partial charge on any atom is 0.418 e. The number of hydrogen-bond acceptors (Lipinski definition) is 1. The molecule has 0 unspecified atom stereocenters. The lowest BCUT2D eigenvalue weighted by molar-refractivity contribution is -0.137. The molecule has 0 aromatic heterocycles. The third-order valence-electron chi connectivity index (χ3n) is 1.73. The summed E-state index contributed by atoms with van der Waals surface area (Å²) in [6.45, 7) is 0. The molecular weight excluding hydrogens is 327 g/mol. The Morgan fingerprint density at radius 1 is 1.41 bits per heavy atom. The molecule has 0 amide bonds. The maximum absolute atomic E-state index is 12.9. The van der Waals surface area contributed by atoms with Crippen molar-refractivity contribution in [3.63, 3.8) is 0 Å². The van der Waals surface area contributed by atoms with Crippen LogP contribution in [-0.4, -0.2) is 11.7 Å². The van der Waals surface area contributed by atoms with Gasteiger partial charge in [-0.05, 0) is 28.1 Å². The Morgan fingerprint density at radius 2 is 2.00 bits per heavy atom. The van der Waals surface area contributed by atoms with E-state index in [4.69, 9.17) is 17.3 Å². The molecule has 0 saturated carbocycles. The smallest absolute Gasteiger partial charge is 0.386 e. The van der Waals surface area contributed by atoms with Crippen molar-refractivity contribution in [2.24, 2.45) is 10.7 Å². The van der Waals surface area contributed by atoms with Crippen LogP contribution >= 0.6 is 27.5 Å². The molecule has 17 heavy (non-hydrogen) atoms. The molecule has 0 radical (unpaired) electrons. The normalized spacial score (nSPS) is 12.9. The highest BCUT2D eigenvalue weighted by Gasteiger charge is 2.35. The van der Waals surface area contributed by atoms with Crippen molar-refractivity contribution in [1.29, 1.82) is 0 Å². The van der Waals surface area contributed by atoms with E-state index in [1.54, 1.807) is 0 Å². The van der Waals surface area contributed by atoms with E-state index in [2.05, 4.69) is 20.9 Å². The van der Waals surface area contributed by atoms with Gasteiger partial charge in [0.25, 0.3) is 0 Å². The summed E-state index contributed by atoms with van der Waals surface area (Å²) >= 11 is 8.13. The largest absolute Gasteiger partial charge is 0.418 e. The van der Waals surface area contributed by atoms with Crippen molar-refractivity contribution < 1.29 is 17.6 Å². The van der Waals surface area contributed by atoms with Gasteiger partial charge in [0.05, 0.1) is 17.1 Å². The van der Waals surface area contributed by atoms with E-state index in [0.717, 1.165) is 6.07 Å². The van der Waals surface area contributed by atoms with E-state index in [0.29, 0.717) is 6.07 Å². The first-order valence-electron chi connectivity index (χ1n) is 4.21. The molecule has 1 aromatic carbocycles. The summed E-state index contributed by atoms with van der Waals surface area (Å²) in [5.41, 5.74) is 3.56. The number of nitrogens with zero attached hydrogens (tertiary/aromatic N) is 1. The molecule has 1 rings (SSSR count). The molecule has 1 aromatic rings. The predicted molar refractivity (Wildman–Crippen MR) is 61.1 cm³/mol. The van der Waals surface area contributed by atoms with Crippen molar-refractivity contribution in [1.82, 2.24) is 0 Å². The fourth-order valence-corrected chi connectivity index (χ4v) is 1.65. The molecule has 2 N–H and O–H groups in total. The summed E-state index contributed by atoms with van der Waals surface area (Å²) in [6, 6.07) is 1.22. The summed E-state index contributed by atoms with van der Waals surface area (Å²) in [6.07, 6.45) is -4.73. The highest BCUT2D eigenvalue weighted by atomic mass is 79.9. The molecule has 2 nitrogen and oxygen atoms in total. The lowest BCUT2D eigenvalue weighted by Crippen LogP contribution is -2.14. The number of halogens is 6. The number of nitrogens with two attached hydrogens (primary N) is 1. The standard InChI is InChI=1S/C9H6BrClF4N2/c10-6-2-4(12)1-5(9(13,14)15)8(6)17-7(16)3-11/h1-2H,3H2,(H2,16,17). The fraction of sp³-hybridized carbons (Fsp3) is 0.222. The van der Waals surface area contributed by atoms with Crippen molar-refractivity contribution in [3.8, 4) is 0 Å². The summed E-state index contributed by atoms with van der Waals surface area (Å²) in [5.74, 6) is -1.43. The zero-order chi connectivity index (χ0) is 13.2. The van der Waals surface area contributed by atoms with E-state index < -0.39 is 23.2 Å². The number of alkyl halides is 4. The van der Waals surface area contributed by atoms with Crippen LogP contribution in [0.15, 0.2) is 21.6 Å². The molecule has 0 bridgehead atoms. The second-order valence-electron chi connectivity index (χ2n) is 3.02. The second-order valence-corrected chi connectivity index (χ2v) is 4.14. The lowest BCUT2D eigenvalue weighted by Gasteiger charge is -2.12. The van der Waals surface area contributed by atoms with Crippen LogP contribution in [0.3, 0.4) is 0 Å². The third-order valence-corrected chi connectivity index (χ3v) is 2.60. The predicted octanol–water partition coefficient (Wildman–Crippen LogP) is 3.83. The van der Waals surface area contributed by atoms with Gasteiger partial charge >= 0.3 is 6.18 Å². The Bertz CT molecular complexity index is 459. The highest BCUT2D eigenvalue weighted by molar-refractivity contribution is 9.10. The van der Waals surface area contributed by atoms with Crippen molar-refractivity contribution >= 4 is 39.1 Å². The minimum absolute atomic E-state index is 0.141. The summed E-state index contributed by atoms with van der Waals surface area (Å²) in [7, 11) is 0. The van der Waals surface area contributed by atoms with E-state index in [1.165, 1.54) is 0 Å². The van der Waals surface area contributed by atoms with Gasteiger partial charge in [0.1, 0.15) is 11.7 Å². The molecule has 0 aliphatic carbocycles. The first kappa shape index (κ1) is 14.2. The zero-order valence-corrected chi connectivity index (χ0v) is 10.5. The molecule has 94 valence electrons. The molecule has 0 fully saturated rings. The molecule has 0 atom stereocenters. The Morgan fingerprint density at radius 3 is 2.47 bits per heavy atom. The summed E-state index contributed by atoms with van der Waals surface area (Å²) < 4.78 is 50.7. The maximum atomic E-state index is 12.9. The number of benzene rings is 1. The minimum Gasteiger partial charge on any atom is -0.386 e. The van der Waals surface area contributed by atoms with Crippen LogP contribution < -0.4 is 5.73 Å². The Labute approximate surface area is 108 Å². The monoisotopic (exact) mass is 332 g/mol. The minimum atomic E-state index is -4.73. The van der Waals surface area contributed by atoms with Gasteiger partial charge in [-0.15, -0.1) is 11.6 Å². The van der Waals surface area contributed by atoms with Gasteiger partial charge in [0.2, 0.25) is 0 Å². The molecule has 8 heteroatoms. The molecule has 0 heterocycles. The average molecular weight is 334 g/mol. The van der Waals surface area contributed by atoms with Gasteiger partial charge in [-0.1, -0.05) is 0 Å². The molecule has 0 aliphatic heterocycles.